The smallest absolute Gasteiger partial charge is 0.254 e. The minimum absolute atomic E-state index is 0.137. The molecule has 1 fully saturated rings. The number of aryl methyl sites for hydroxylation is 1. The van der Waals surface area contributed by atoms with Crippen LogP contribution in [0.2, 0.25) is 0 Å². The van der Waals surface area contributed by atoms with Crippen molar-refractivity contribution < 1.29 is 9.18 Å². The van der Waals surface area contributed by atoms with Gasteiger partial charge in [0.2, 0.25) is 0 Å². The molecule has 1 heterocycles. The number of carbonyl (C=O) groups excluding carboxylic acids is 1. The van der Waals surface area contributed by atoms with E-state index in [-0.39, 0.29) is 11.5 Å². The third kappa shape index (κ3) is 3.79. The standard InChI is InChI=1S/C16H23FN2O/c1-12(11-19-8-3-4-9-19)10-18-16(20)14-7-5-6-13(2)15(14)17/h5-7,12H,3-4,8-11H2,1-2H3,(H,18,20). The largest absolute Gasteiger partial charge is 0.352 e. The Kier molecular flexibility index (Phi) is 5.12. The van der Waals surface area contributed by atoms with Crippen LogP contribution in [-0.4, -0.2) is 37.0 Å². The zero-order valence-electron chi connectivity index (χ0n) is 12.3. The highest BCUT2D eigenvalue weighted by atomic mass is 19.1. The van der Waals surface area contributed by atoms with Crippen LogP contribution >= 0.6 is 0 Å². The molecule has 3 nitrogen and oxygen atoms in total. The molecule has 1 amide bonds. The lowest BCUT2D eigenvalue weighted by atomic mass is 10.1. The van der Waals surface area contributed by atoms with Crippen molar-refractivity contribution in [3.05, 3.63) is 35.1 Å². The van der Waals surface area contributed by atoms with E-state index in [2.05, 4.69) is 17.1 Å². The quantitative estimate of drug-likeness (QED) is 0.898. The van der Waals surface area contributed by atoms with Gasteiger partial charge in [-0.3, -0.25) is 4.79 Å². The van der Waals surface area contributed by atoms with Crippen molar-refractivity contribution in [3.63, 3.8) is 0 Å². The van der Waals surface area contributed by atoms with E-state index in [4.69, 9.17) is 0 Å². The van der Waals surface area contributed by atoms with Gasteiger partial charge in [0.15, 0.2) is 0 Å². The number of hydrogen-bond acceptors (Lipinski definition) is 2. The second kappa shape index (κ2) is 6.84. The molecular formula is C16H23FN2O. The van der Waals surface area contributed by atoms with Crippen LogP contribution in [0, 0.1) is 18.7 Å². The fourth-order valence-corrected chi connectivity index (χ4v) is 2.66. The monoisotopic (exact) mass is 278 g/mol. The first-order valence-electron chi connectivity index (χ1n) is 7.33. The number of carbonyl (C=O) groups is 1. The summed E-state index contributed by atoms with van der Waals surface area (Å²) in [7, 11) is 0. The molecule has 0 spiro atoms. The van der Waals surface area contributed by atoms with Gasteiger partial charge < -0.3 is 10.2 Å². The SMILES string of the molecule is Cc1cccc(C(=O)NCC(C)CN2CCCC2)c1F. The highest BCUT2D eigenvalue weighted by Gasteiger charge is 2.17. The highest BCUT2D eigenvalue weighted by Crippen LogP contribution is 2.12. The lowest BCUT2D eigenvalue weighted by Crippen LogP contribution is -2.34. The van der Waals surface area contributed by atoms with Crippen LogP contribution in [0.5, 0.6) is 0 Å². The van der Waals surface area contributed by atoms with Crippen molar-refractivity contribution in [2.24, 2.45) is 5.92 Å². The van der Waals surface area contributed by atoms with Crippen molar-refractivity contribution in [1.82, 2.24) is 10.2 Å². The van der Waals surface area contributed by atoms with E-state index in [9.17, 15) is 9.18 Å². The van der Waals surface area contributed by atoms with Crippen molar-refractivity contribution in [2.75, 3.05) is 26.2 Å². The average molecular weight is 278 g/mol. The number of likely N-dealkylation sites (tertiary alicyclic amines) is 1. The summed E-state index contributed by atoms with van der Waals surface area (Å²) in [5.41, 5.74) is 0.640. The van der Waals surface area contributed by atoms with Gasteiger partial charge in [-0.25, -0.2) is 4.39 Å². The Hall–Kier alpha value is -1.42. The number of amides is 1. The lowest BCUT2D eigenvalue weighted by Gasteiger charge is -2.20. The Bertz CT molecular complexity index is 470. The molecule has 1 N–H and O–H groups in total. The first-order chi connectivity index (χ1) is 9.58. The third-order valence-electron chi connectivity index (χ3n) is 3.82. The summed E-state index contributed by atoms with van der Waals surface area (Å²) < 4.78 is 13.8. The van der Waals surface area contributed by atoms with Gasteiger partial charge in [-0.2, -0.15) is 0 Å². The minimum Gasteiger partial charge on any atom is -0.352 e. The molecule has 1 atom stereocenters. The minimum atomic E-state index is -0.419. The van der Waals surface area contributed by atoms with Gasteiger partial charge in [0.25, 0.3) is 5.91 Å². The summed E-state index contributed by atoms with van der Waals surface area (Å²) in [4.78, 5) is 14.4. The summed E-state index contributed by atoms with van der Waals surface area (Å²) in [5, 5.41) is 2.84. The molecule has 1 unspecified atom stereocenters. The molecule has 20 heavy (non-hydrogen) atoms. The van der Waals surface area contributed by atoms with Gasteiger partial charge in [0.1, 0.15) is 5.82 Å². The van der Waals surface area contributed by atoms with Crippen LogP contribution in [0.4, 0.5) is 4.39 Å². The van der Waals surface area contributed by atoms with E-state index >= 15 is 0 Å². The molecule has 0 aliphatic carbocycles. The Morgan fingerprint density at radius 3 is 2.80 bits per heavy atom. The summed E-state index contributed by atoms with van der Waals surface area (Å²) in [6, 6.07) is 4.91. The summed E-state index contributed by atoms with van der Waals surface area (Å²) in [6.45, 7) is 7.68. The lowest BCUT2D eigenvalue weighted by molar-refractivity contribution is 0.0941. The Morgan fingerprint density at radius 1 is 1.40 bits per heavy atom. The summed E-state index contributed by atoms with van der Waals surface area (Å²) >= 11 is 0. The van der Waals surface area contributed by atoms with Gasteiger partial charge in [0, 0.05) is 13.1 Å². The molecule has 1 aromatic carbocycles. The maximum absolute atomic E-state index is 13.8. The Morgan fingerprint density at radius 2 is 2.10 bits per heavy atom. The van der Waals surface area contributed by atoms with E-state index in [0.717, 1.165) is 19.6 Å². The molecule has 1 saturated heterocycles. The predicted octanol–water partition coefficient (Wildman–Crippen LogP) is 2.60. The highest BCUT2D eigenvalue weighted by molar-refractivity contribution is 5.94. The van der Waals surface area contributed by atoms with Gasteiger partial charge >= 0.3 is 0 Å². The molecule has 0 saturated carbocycles. The van der Waals surface area contributed by atoms with Crippen LogP contribution < -0.4 is 5.32 Å². The Labute approximate surface area is 120 Å². The van der Waals surface area contributed by atoms with Crippen LogP contribution in [0.3, 0.4) is 0 Å². The van der Waals surface area contributed by atoms with Crippen LogP contribution in [0.25, 0.3) is 0 Å². The zero-order valence-corrected chi connectivity index (χ0v) is 12.3. The number of halogens is 1. The summed E-state index contributed by atoms with van der Waals surface area (Å²) in [6.07, 6.45) is 2.54. The number of benzene rings is 1. The van der Waals surface area contributed by atoms with Gasteiger partial charge in [-0.05, 0) is 50.4 Å². The first-order valence-corrected chi connectivity index (χ1v) is 7.33. The topological polar surface area (TPSA) is 32.3 Å². The zero-order chi connectivity index (χ0) is 14.5. The second-order valence-electron chi connectivity index (χ2n) is 5.76. The van der Waals surface area contributed by atoms with Crippen LogP contribution in [0.1, 0.15) is 35.7 Å². The van der Waals surface area contributed by atoms with Crippen LogP contribution in [-0.2, 0) is 0 Å². The molecule has 4 heteroatoms. The molecule has 2 rings (SSSR count). The molecule has 1 aromatic rings. The van der Waals surface area contributed by atoms with Crippen molar-refractivity contribution in [1.29, 1.82) is 0 Å². The van der Waals surface area contributed by atoms with Crippen LogP contribution in [0.15, 0.2) is 18.2 Å². The predicted molar refractivity (Wildman–Crippen MR) is 78.3 cm³/mol. The van der Waals surface area contributed by atoms with Crippen molar-refractivity contribution >= 4 is 5.91 Å². The van der Waals surface area contributed by atoms with Crippen molar-refractivity contribution in [2.45, 2.75) is 26.7 Å². The molecule has 1 aliphatic heterocycles. The van der Waals surface area contributed by atoms with Gasteiger partial charge in [-0.15, -0.1) is 0 Å². The fourth-order valence-electron chi connectivity index (χ4n) is 2.66. The number of nitrogens with zero attached hydrogens (tertiary/aromatic N) is 1. The molecule has 0 aromatic heterocycles. The van der Waals surface area contributed by atoms with E-state index in [0.29, 0.717) is 18.0 Å². The third-order valence-corrected chi connectivity index (χ3v) is 3.82. The van der Waals surface area contributed by atoms with E-state index in [1.807, 2.05) is 0 Å². The van der Waals surface area contributed by atoms with Gasteiger partial charge in [0.05, 0.1) is 5.56 Å². The average Bonchev–Trinajstić information content (AvgIpc) is 2.92. The Balaban J connectivity index is 1.83. The van der Waals surface area contributed by atoms with E-state index < -0.39 is 5.82 Å². The van der Waals surface area contributed by atoms with Crippen molar-refractivity contribution in [3.8, 4) is 0 Å². The number of hydrogen-bond donors (Lipinski definition) is 1. The number of nitrogens with one attached hydrogen (secondary N) is 1. The molecule has 1 aliphatic rings. The summed E-state index contributed by atoms with van der Waals surface area (Å²) in [5.74, 6) is -0.360. The van der Waals surface area contributed by atoms with E-state index in [1.54, 1.807) is 19.1 Å². The van der Waals surface area contributed by atoms with E-state index in [1.165, 1.54) is 18.9 Å². The molecular weight excluding hydrogens is 255 g/mol. The fraction of sp³-hybridized carbons (Fsp3) is 0.562. The maximum atomic E-state index is 13.8. The van der Waals surface area contributed by atoms with Gasteiger partial charge in [-0.1, -0.05) is 19.1 Å². The maximum Gasteiger partial charge on any atom is 0.254 e. The molecule has 0 bridgehead atoms. The number of rotatable bonds is 5. The molecule has 0 radical (unpaired) electrons. The first kappa shape index (κ1) is 15.0. The second-order valence-corrected chi connectivity index (χ2v) is 5.76. The normalized spacial score (nSPS) is 17.1. The molecule has 110 valence electrons.